The molecule has 0 radical (unpaired) electrons. The fraction of sp³-hybridized carbons (Fsp3) is 0.667. The Balaban J connectivity index is 1.91. The summed E-state index contributed by atoms with van der Waals surface area (Å²) in [6.45, 7) is 7.37. The Bertz CT molecular complexity index is 546. The van der Waals surface area contributed by atoms with E-state index in [0.29, 0.717) is 19.5 Å². The molecule has 3 amide bonds. The number of amides is 3. The van der Waals surface area contributed by atoms with E-state index >= 15 is 0 Å². The van der Waals surface area contributed by atoms with Crippen LogP contribution in [0.4, 0.5) is 4.79 Å². The Morgan fingerprint density at radius 3 is 2.82 bits per heavy atom. The molecule has 0 bridgehead atoms. The lowest BCUT2D eigenvalue weighted by molar-refractivity contribution is -0.124. The average molecular weight is 307 g/mol. The Hall–Kier alpha value is -2.05. The van der Waals surface area contributed by atoms with E-state index in [2.05, 4.69) is 41.6 Å². The molecule has 1 aromatic heterocycles. The summed E-state index contributed by atoms with van der Waals surface area (Å²) in [6, 6.07) is 1.28. The van der Waals surface area contributed by atoms with Crippen LogP contribution in [-0.4, -0.2) is 46.7 Å². The van der Waals surface area contributed by atoms with Gasteiger partial charge in [0.25, 0.3) is 0 Å². The summed E-state index contributed by atoms with van der Waals surface area (Å²) in [4.78, 5) is 25.4. The number of carbonyl (C=O) groups is 2. The van der Waals surface area contributed by atoms with Gasteiger partial charge >= 0.3 is 6.03 Å². The van der Waals surface area contributed by atoms with Crippen LogP contribution in [0.25, 0.3) is 0 Å². The van der Waals surface area contributed by atoms with Crippen LogP contribution in [0.3, 0.4) is 0 Å². The van der Waals surface area contributed by atoms with Crippen LogP contribution in [0.15, 0.2) is 6.07 Å². The van der Waals surface area contributed by atoms with Crippen molar-refractivity contribution in [2.75, 3.05) is 13.6 Å². The number of nitrogens with zero attached hydrogens (tertiary/aromatic N) is 2. The van der Waals surface area contributed by atoms with Gasteiger partial charge in [-0.2, -0.15) is 5.10 Å². The Kier molecular flexibility index (Phi) is 4.73. The molecule has 1 atom stereocenters. The van der Waals surface area contributed by atoms with Gasteiger partial charge in [0, 0.05) is 19.0 Å². The molecule has 1 unspecified atom stereocenters. The minimum atomic E-state index is -0.435. The zero-order valence-electron chi connectivity index (χ0n) is 13.7. The largest absolute Gasteiger partial charge is 0.354 e. The molecule has 122 valence electrons. The first-order valence-electron chi connectivity index (χ1n) is 7.61. The molecule has 0 saturated carbocycles. The molecule has 2 heterocycles. The van der Waals surface area contributed by atoms with Crippen molar-refractivity contribution in [3.05, 3.63) is 17.5 Å². The van der Waals surface area contributed by atoms with Gasteiger partial charge in [0.05, 0.1) is 17.9 Å². The number of aromatic nitrogens is 2. The van der Waals surface area contributed by atoms with E-state index in [-0.39, 0.29) is 17.4 Å². The molecule has 3 N–H and O–H groups in total. The van der Waals surface area contributed by atoms with Gasteiger partial charge in [0.2, 0.25) is 5.91 Å². The first-order chi connectivity index (χ1) is 10.3. The second kappa shape index (κ2) is 6.37. The third-order valence-electron chi connectivity index (χ3n) is 3.74. The molecule has 1 aliphatic rings. The second-order valence-electron chi connectivity index (χ2n) is 6.82. The molecule has 2 rings (SSSR count). The predicted octanol–water partition coefficient (Wildman–Crippen LogP) is 1.13. The van der Waals surface area contributed by atoms with Crippen LogP contribution >= 0.6 is 0 Å². The van der Waals surface area contributed by atoms with Crippen LogP contribution in [0.2, 0.25) is 0 Å². The number of aromatic amines is 1. The fourth-order valence-corrected chi connectivity index (χ4v) is 2.32. The lowest BCUT2D eigenvalue weighted by Crippen LogP contribution is -2.52. The molecule has 0 aromatic carbocycles. The maximum Gasteiger partial charge on any atom is 0.318 e. The lowest BCUT2D eigenvalue weighted by Gasteiger charge is -2.25. The Morgan fingerprint density at radius 2 is 2.23 bits per heavy atom. The summed E-state index contributed by atoms with van der Waals surface area (Å²) in [5.41, 5.74) is 1.80. The fourth-order valence-electron chi connectivity index (χ4n) is 2.32. The Morgan fingerprint density at radius 1 is 1.50 bits per heavy atom. The van der Waals surface area contributed by atoms with Crippen LogP contribution in [0.5, 0.6) is 0 Å². The van der Waals surface area contributed by atoms with Gasteiger partial charge in [-0.1, -0.05) is 20.8 Å². The number of H-pyrrole nitrogens is 1. The van der Waals surface area contributed by atoms with Crippen molar-refractivity contribution in [3.63, 3.8) is 0 Å². The highest BCUT2D eigenvalue weighted by Gasteiger charge is 2.25. The van der Waals surface area contributed by atoms with Gasteiger partial charge < -0.3 is 15.5 Å². The zero-order chi connectivity index (χ0) is 16.3. The number of nitrogens with one attached hydrogen (secondary N) is 3. The molecule has 1 fully saturated rings. The van der Waals surface area contributed by atoms with Crippen LogP contribution < -0.4 is 10.6 Å². The number of urea groups is 1. The number of hydrogen-bond acceptors (Lipinski definition) is 3. The molecule has 1 aromatic rings. The SMILES string of the molecule is CN(Cc1cc(C(C)(C)C)n[nH]1)C(=O)NC1CCCNC1=O. The highest BCUT2D eigenvalue weighted by Crippen LogP contribution is 2.20. The minimum Gasteiger partial charge on any atom is -0.354 e. The van der Waals surface area contributed by atoms with E-state index in [9.17, 15) is 9.59 Å². The van der Waals surface area contributed by atoms with Gasteiger partial charge in [-0.05, 0) is 18.9 Å². The Labute approximate surface area is 130 Å². The normalized spacial score (nSPS) is 18.7. The van der Waals surface area contributed by atoms with Crippen molar-refractivity contribution in [1.82, 2.24) is 25.7 Å². The zero-order valence-corrected chi connectivity index (χ0v) is 13.7. The number of piperidine rings is 1. The summed E-state index contributed by atoms with van der Waals surface area (Å²) in [5, 5.41) is 12.8. The van der Waals surface area contributed by atoms with Crippen LogP contribution in [0.1, 0.15) is 45.0 Å². The van der Waals surface area contributed by atoms with Gasteiger partial charge in [-0.25, -0.2) is 4.79 Å². The molecule has 1 saturated heterocycles. The highest BCUT2D eigenvalue weighted by atomic mass is 16.2. The number of hydrogen-bond donors (Lipinski definition) is 3. The first kappa shape index (κ1) is 16.3. The van der Waals surface area contributed by atoms with E-state index in [1.807, 2.05) is 6.07 Å². The topological polar surface area (TPSA) is 90.1 Å². The molecule has 7 heteroatoms. The molecule has 0 spiro atoms. The quantitative estimate of drug-likeness (QED) is 0.782. The van der Waals surface area contributed by atoms with Crippen molar-refractivity contribution >= 4 is 11.9 Å². The van der Waals surface area contributed by atoms with E-state index in [0.717, 1.165) is 17.8 Å². The van der Waals surface area contributed by atoms with Crippen LogP contribution in [0, 0.1) is 0 Å². The van der Waals surface area contributed by atoms with E-state index in [1.165, 1.54) is 0 Å². The van der Waals surface area contributed by atoms with E-state index < -0.39 is 6.04 Å². The van der Waals surface area contributed by atoms with E-state index in [1.54, 1.807) is 11.9 Å². The van der Waals surface area contributed by atoms with Crippen molar-refractivity contribution in [2.24, 2.45) is 0 Å². The first-order valence-corrected chi connectivity index (χ1v) is 7.61. The van der Waals surface area contributed by atoms with Crippen molar-refractivity contribution in [3.8, 4) is 0 Å². The van der Waals surface area contributed by atoms with E-state index in [4.69, 9.17) is 0 Å². The molecule has 0 aliphatic carbocycles. The average Bonchev–Trinajstić information content (AvgIpc) is 2.89. The van der Waals surface area contributed by atoms with Crippen molar-refractivity contribution in [2.45, 2.75) is 51.6 Å². The minimum absolute atomic E-state index is 0.0320. The highest BCUT2D eigenvalue weighted by molar-refractivity contribution is 5.87. The third kappa shape index (κ3) is 3.99. The molecular formula is C15H25N5O2. The number of carbonyl (C=O) groups excluding carboxylic acids is 2. The monoisotopic (exact) mass is 307 g/mol. The van der Waals surface area contributed by atoms with Gasteiger partial charge in [-0.15, -0.1) is 0 Å². The summed E-state index contributed by atoms with van der Waals surface area (Å²) < 4.78 is 0. The summed E-state index contributed by atoms with van der Waals surface area (Å²) >= 11 is 0. The molecular weight excluding hydrogens is 282 g/mol. The van der Waals surface area contributed by atoms with Gasteiger partial charge in [0.15, 0.2) is 0 Å². The summed E-state index contributed by atoms with van der Waals surface area (Å²) in [5.74, 6) is -0.107. The second-order valence-corrected chi connectivity index (χ2v) is 6.82. The molecule has 22 heavy (non-hydrogen) atoms. The summed E-state index contributed by atoms with van der Waals surface area (Å²) in [6.07, 6.45) is 1.57. The predicted molar refractivity (Wildman–Crippen MR) is 83.3 cm³/mol. The van der Waals surface area contributed by atoms with Crippen LogP contribution in [-0.2, 0) is 16.8 Å². The van der Waals surface area contributed by atoms with Crippen molar-refractivity contribution in [1.29, 1.82) is 0 Å². The summed E-state index contributed by atoms with van der Waals surface area (Å²) in [7, 11) is 1.70. The van der Waals surface area contributed by atoms with Crippen molar-refractivity contribution < 1.29 is 9.59 Å². The molecule has 1 aliphatic heterocycles. The number of rotatable bonds is 3. The molecule has 7 nitrogen and oxygen atoms in total. The smallest absolute Gasteiger partial charge is 0.318 e. The van der Waals surface area contributed by atoms with Gasteiger partial charge in [-0.3, -0.25) is 9.89 Å². The standard InChI is InChI=1S/C15H25N5O2/c1-15(2,3)12-8-10(18-19-12)9-20(4)14(22)17-11-6-5-7-16-13(11)21/h8,11H,5-7,9H2,1-4H3,(H,16,21)(H,17,22)(H,18,19). The van der Waals surface area contributed by atoms with Gasteiger partial charge in [0.1, 0.15) is 6.04 Å². The third-order valence-corrected chi connectivity index (χ3v) is 3.74. The maximum atomic E-state index is 12.2. The maximum absolute atomic E-state index is 12.2. The lowest BCUT2D eigenvalue weighted by atomic mass is 9.92.